The molecule has 8 nitrogen and oxygen atoms in total. The molecule has 1 N–H and O–H groups in total. The average Bonchev–Trinajstić information content (AvgIpc) is 3.39. The number of ether oxygens (including phenoxy) is 1. The molecule has 1 amide bonds. The van der Waals surface area contributed by atoms with Gasteiger partial charge < -0.3 is 15.0 Å². The minimum Gasteiger partial charge on any atom is -0.497 e. The quantitative estimate of drug-likeness (QED) is 0.790. The maximum absolute atomic E-state index is 13.3. The molecular formula is C19H22F2N6O2. The molecule has 2 aliphatic rings. The first-order valence-corrected chi connectivity index (χ1v) is 9.49. The average molecular weight is 404 g/mol. The van der Waals surface area contributed by atoms with Gasteiger partial charge in [0, 0.05) is 44.7 Å². The van der Waals surface area contributed by atoms with E-state index in [0.29, 0.717) is 32.1 Å². The van der Waals surface area contributed by atoms with Crippen molar-refractivity contribution in [2.45, 2.75) is 38.3 Å². The summed E-state index contributed by atoms with van der Waals surface area (Å²) in [7, 11) is 0. The highest BCUT2D eigenvalue weighted by atomic mass is 19.3. The summed E-state index contributed by atoms with van der Waals surface area (Å²) in [5.41, 5.74) is 2.37. The van der Waals surface area contributed by atoms with Crippen LogP contribution in [-0.2, 0) is 16.1 Å². The molecule has 0 spiro atoms. The molecule has 2 aromatic heterocycles. The first-order valence-electron chi connectivity index (χ1n) is 9.49. The van der Waals surface area contributed by atoms with Gasteiger partial charge in [-0.3, -0.25) is 9.20 Å². The van der Waals surface area contributed by atoms with Crippen molar-refractivity contribution in [2.75, 3.05) is 19.6 Å². The number of carbonyl (C=O) groups excluding carboxylic acids is 1. The number of halogens is 2. The zero-order valence-electron chi connectivity index (χ0n) is 16.0. The highest BCUT2D eigenvalue weighted by Gasteiger charge is 2.37. The van der Waals surface area contributed by atoms with Gasteiger partial charge >= 0.3 is 5.92 Å². The van der Waals surface area contributed by atoms with E-state index in [0.717, 1.165) is 28.3 Å². The van der Waals surface area contributed by atoms with E-state index in [-0.39, 0.29) is 19.2 Å². The predicted octanol–water partition coefficient (Wildman–Crippen LogP) is 1.79. The summed E-state index contributed by atoms with van der Waals surface area (Å²) in [5.74, 6) is -3.75. The van der Waals surface area contributed by atoms with E-state index in [9.17, 15) is 13.6 Å². The number of hydrogen-bond acceptors (Lipinski definition) is 6. The van der Waals surface area contributed by atoms with E-state index < -0.39 is 11.8 Å². The fourth-order valence-corrected chi connectivity index (χ4v) is 3.51. The molecule has 0 saturated heterocycles. The van der Waals surface area contributed by atoms with E-state index in [2.05, 4.69) is 20.5 Å². The van der Waals surface area contributed by atoms with E-state index in [1.54, 1.807) is 24.9 Å². The van der Waals surface area contributed by atoms with Crippen LogP contribution in [0.25, 0.3) is 11.2 Å². The summed E-state index contributed by atoms with van der Waals surface area (Å²) < 4.78 is 33.8. The first-order chi connectivity index (χ1) is 13.9. The molecule has 154 valence electrons. The maximum atomic E-state index is 13.3. The van der Waals surface area contributed by atoms with Crippen LogP contribution in [0, 0.1) is 0 Å². The smallest absolute Gasteiger partial charge is 0.322 e. The summed E-state index contributed by atoms with van der Waals surface area (Å²) in [6.45, 7) is 2.23. The minimum atomic E-state index is -3.36. The molecule has 0 aliphatic carbocycles. The fourth-order valence-electron chi connectivity index (χ4n) is 3.51. The van der Waals surface area contributed by atoms with Gasteiger partial charge in [-0.1, -0.05) is 6.08 Å². The van der Waals surface area contributed by atoms with Crippen LogP contribution in [0.3, 0.4) is 0 Å². The van der Waals surface area contributed by atoms with Crippen LogP contribution in [0.1, 0.15) is 31.2 Å². The number of alkyl halides is 2. The molecule has 29 heavy (non-hydrogen) atoms. The minimum absolute atomic E-state index is 0.136. The topological polar surface area (TPSA) is 84.7 Å². The number of nitrogens with one attached hydrogen (secondary N) is 1. The van der Waals surface area contributed by atoms with Crippen LogP contribution in [0.15, 0.2) is 30.9 Å². The highest BCUT2D eigenvalue weighted by Crippen LogP contribution is 2.27. The maximum Gasteiger partial charge on any atom is 0.322 e. The van der Waals surface area contributed by atoms with E-state index in [1.807, 2.05) is 10.5 Å². The Hall–Kier alpha value is -2.88. The van der Waals surface area contributed by atoms with Crippen molar-refractivity contribution in [3.05, 3.63) is 42.3 Å². The Bertz CT molecular complexity index is 957. The third kappa shape index (κ3) is 4.12. The van der Waals surface area contributed by atoms with E-state index in [1.165, 1.54) is 0 Å². The Morgan fingerprint density at radius 1 is 1.45 bits per heavy atom. The van der Waals surface area contributed by atoms with Gasteiger partial charge in [-0.25, -0.2) is 4.98 Å². The van der Waals surface area contributed by atoms with E-state index >= 15 is 0 Å². The Labute approximate surface area is 166 Å². The summed E-state index contributed by atoms with van der Waals surface area (Å²) in [6.07, 6.45) is 10.3. The lowest BCUT2D eigenvalue weighted by atomic mass is 10.0. The lowest BCUT2D eigenvalue weighted by Crippen LogP contribution is -2.43. The van der Waals surface area contributed by atoms with Crippen LogP contribution in [-0.4, -0.2) is 62.0 Å². The molecule has 4 rings (SSSR count). The second-order valence-corrected chi connectivity index (χ2v) is 7.23. The van der Waals surface area contributed by atoms with Gasteiger partial charge in [-0.05, 0) is 18.1 Å². The number of nitrogens with zero attached hydrogens (tertiary/aromatic N) is 5. The van der Waals surface area contributed by atoms with Crippen LogP contribution in [0.4, 0.5) is 8.78 Å². The summed E-state index contributed by atoms with van der Waals surface area (Å²) >= 11 is 0. The summed E-state index contributed by atoms with van der Waals surface area (Å²) in [5, 5.41) is 11.5. The van der Waals surface area contributed by atoms with Crippen LogP contribution in [0.2, 0.25) is 0 Å². The van der Waals surface area contributed by atoms with Crippen LogP contribution >= 0.6 is 0 Å². The molecular weight excluding hydrogens is 382 g/mol. The highest BCUT2D eigenvalue weighted by molar-refractivity contribution is 5.85. The number of aromatic nitrogens is 4. The number of amides is 1. The Morgan fingerprint density at radius 2 is 2.31 bits per heavy atom. The van der Waals surface area contributed by atoms with Crippen molar-refractivity contribution in [1.29, 1.82) is 0 Å². The number of fused-ring (bicyclic) bond motifs is 1. The van der Waals surface area contributed by atoms with Crippen molar-refractivity contribution in [3.8, 4) is 0 Å². The molecule has 0 aromatic carbocycles. The molecule has 0 saturated carbocycles. The molecule has 4 heterocycles. The zero-order chi connectivity index (χ0) is 20.4. The molecule has 0 bridgehead atoms. The number of carbonyl (C=O) groups is 1. The molecule has 0 radical (unpaired) electrons. The Morgan fingerprint density at radius 3 is 3.00 bits per heavy atom. The summed E-state index contributed by atoms with van der Waals surface area (Å²) in [6, 6.07) is 0. The molecule has 2 aliphatic heterocycles. The second-order valence-electron chi connectivity index (χ2n) is 7.23. The third-order valence-electron chi connectivity index (χ3n) is 5.05. The predicted molar refractivity (Wildman–Crippen MR) is 101 cm³/mol. The second kappa shape index (κ2) is 7.86. The van der Waals surface area contributed by atoms with Crippen LogP contribution in [0.5, 0.6) is 0 Å². The monoisotopic (exact) mass is 404 g/mol. The normalized spacial score (nSPS) is 19.5. The van der Waals surface area contributed by atoms with Gasteiger partial charge in [-0.2, -0.15) is 8.78 Å². The van der Waals surface area contributed by atoms with Crippen molar-refractivity contribution >= 4 is 17.1 Å². The lowest BCUT2D eigenvalue weighted by molar-refractivity contribution is -0.154. The van der Waals surface area contributed by atoms with Crippen molar-refractivity contribution in [2.24, 2.45) is 0 Å². The van der Waals surface area contributed by atoms with Gasteiger partial charge in [0.05, 0.1) is 12.8 Å². The third-order valence-corrected chi connectivity index (χ3v) is 5.05. The van der Waals surface area contributed by atoms with E-state index in [4.69, 9.17) is 4.74 Å². The largest absolute Gasteiger partial charge is 0.497 e. The Balaban J connectivity index is 1.47. The molecule has 1 atom stereocenters. The van der Waals surface area contributed by atoms with Gasteiger partial charge in [0.25, 0.3) is 5.91 Å². The van der Waals surface area contributed by atoms with Gasteiger partial charge in [0.1, 0.15) is 18.3 Å². The summed E-state index contributed by atoms with van der Waals surface area (Å²) in [4.78, 5) is 17.5. The van der Waals surface area contributed by atoms with Gasteiger partial charge in [-0.15, -0.1) is 10.2 Å². The van der Waals surface area contributed by atoms with Gasteiger partial charge in [0.15, 0.2) is 5.65 Å². The molecule has 2 aromatic rings. The lowest BCUT2D eigenvalue weighted by Gasteiger charge is -2.28. The first kappa shape index (κ1) is 19.4. The SMILES string of the molecule is CC(F)(F)C(=O)N1CC=C(c2cnc(CNCC3CC=CO3)n3cnnc23)CC1. The van der Waals surface area contributed by atoms with Crippen LogP contribution < -0.4 is 5.32 Å². The molecule has 10 heteroatoms. The zero-order valence-corrected chi connectivity index (χ0v) is 16.0. The standard InChI is InChI=1S/C19H22F2N6O2/c1-19(20,21)18(28)26-6-4-13(5-7-26)15-10-23-16(27-12-24-25-17(15)27)11-22-9-14-3-2-8-29-14/h2,4,8,10,12,14,22H,3,5-7,9,11H2,1H3. The van der Waals surface area contributed by atoms with Crippen molar-refractivity contribution < 1.29 is 18.3 Å². The fraction of sp³-hybridized carbons (Fsp3) is 0.474. The Kier molecular flexibility index (Phi) is 5.27. The molecule has 1 unspecified atom stereocenters. The number of hydrogen-bond donors (Lipinski definition) is 1. The van der Waals surface area contributed by atoms with Crippen molar-refractivity contribution in [3.63, 3.8) is 0 Å². The van der Waals surface area contributed by atoms with Crippen molar-refractivity contribution in [1.82, 2.24) is 29.8 Å². The number of rotatable bonds is 6. The molecule has 0 fully saturated rings. The van der Waals surface area contributed by atoms with Gasteiger partial charge in [0.2, 0.25) is 0 Å².